The molecule has 0 fully saturated rings. The van der Waals surface area contributed by atoms with Crippen molar-refractivity contribution in [1.29, 1.82) is 0 Å². The predicted molar refractivity (Wildman–Crippen MR) is 49.4 cm³/mol. The molecule has 64 valence electrons. The highest BCUT2D eigenvalue weighted by atomic mass is 31.2. The van der Waals surface area contributed by atoms with E-state index in [1.165, 1.54) is 0 Å². The Kier molecular flexibility index (Phi) is 5.18. The van der Waals surface area contributed by atoms with Gasteiger partial charge in [-0.05, 0) is 6.92 Å². The van der Waals surface area contributed by atoms with Gasteiger partial charge in [-0.2, -0.15) is 0 Å². The Morgan fingerprint density at radius 1 is 1.36 bits per heavy atom. The number of rotatable bonds is 6. The van der Waals surface area contributed by atoms with Crippen molar-refractivity contribution in [2.45, 2.75) is 6.92 Å². The Morgan fingerprint density at radius 3 is 2.09 bits per heavy atom. The molecule has 0 aliphatic rings. The number of hydrogen-bond donors (Lipinski definition) is 0. The molecule has 11 heavy (non-hydrogen) atoms. The Bertz CT molecular complexity index is 161. The third-order valence-corrected chi connectivity index (χ3v) is 3.54. The molecule has 0 bridgehead atoms. The molecule has 0 aromatic carbocycles. The maximum Gasteiger partial charge on any atom is 0.210 e. The summed E-state index contributed by atoms with van der Waals surface area (Å²) in [5.41, 5.74) is 0. The van der Waals surface area contributed by atoms with Crippen molar-refractivity contribution >= 4 is 7.37 Å². The molecule has 0 amide bonds. The van der Waals surface area contributed by atoms with E-state index >= 15 is 0 Å². The van der Waals surface area contributed by atoms with Crippen LogP contribution in [0.2, 0.25) is 0 Å². The van der Waals surface area contributed by atoms with Crippen LogP contribution in [-0.2, 0) is 9.09 Å². The molecule has 0 aromatic heterocycles. The van der Waals surface area contributed by atoms with Crippen LogP contribution >= 0.6 is 7.37 Å². The van der Waals surface area contributed by atoms with Crippen LogP contribution in [0.5, 0.6) is 0 Å². The average molecular weight is 174 g/mol. The molecule has 0 spiro atoms. The smallest absolute Gasteiger partial charge is 0.210 e. The fraction of sp³-hybridized carbons (Fsp3) is 0.500. The number of allylic oxidation sites excluding steroid dienone is 2. The van der Waals surface area contributed by atoms with Crippen molar-refractivity contribution in [1.82, 2.24) is 0 Å². The van der Waals surface area contributed by atoms with E-state index in [1.54, 1.807) is 12.2 Å². The van der Waals surface area contributed by atoms with Gasteiger partial charge in [-0.15, -0.1) is 13.2 Å². The second kappa shape index (κ2) is 5.34. The monoisotopic (exact) mass is 174 g/mol. The first-order valence-electron chi connectivity index (χ1n) is 3.63. The van der Waals surface area contributed by atoms with Crippen LogP contribution in [-0.4, -0.2) is 18.9 Å². The van der Waals surface area contributed by atoms with Crippen molar-refractivity contribution < 1.29 is 9.09 Å². The molecular formula is C8H15O2P. The van der Waals surface area contributed by atoms with Gasteiger partial charge in [0.25, 0.3) is 0 Å². The zero-order chi connectivity index (χ0) is 8.74. The quantitative estimate of drug-likeness (QED) is 0.457. The summed E-state index contributed by atoms with van der Waals surface area (Å²) in [6.45, 7) is 9.36. The maximum atomic E-state index is 11.6. The second-order valence-corrected chi connectivity index (χ2v) is 4.79. The van der Waals surface area contributed by atoms with E-state index in [9.17, 15) is 4.57 Å². The second-order valence-electron chi connectivity index (χ2n) is 2.17. The lowest BCUT2D eigenvalue weighted by Crippen LogP contribution is -1.95. The lowest BCUT2D eigenvalue weighted by atomic mass is 10.8. The van der Waals surface area contributed by atoms with Crippen LogP contribution in [0.3, 0.4) is 0 Å². The zero-order valence-corrected chi connectivity index (χ0v) is 7.85. The molecule has 0 aromatic rings. The van der Waals surface area contributed by atoms with E-state index in [0.29, 0.717) is 18.9 Å². The largest absolute Gasteiger partial charge is 0.328 e. The Hall–Kier alpha value is -0.330. The fourth-order valence-electron chi connectivity index (χ4n) is 0.809. The molecule has 2 nitrogen and oxygen atoms in total. The zero-order valence-electron chi connectivity index (χ0n) is 6.95. The van der Waals surface area contributed by atoms with Gasteiger partial charge in [0.15, 0.2) is 0 Å². The lowest BCUT2D eigenvalue weighted by molar-refractivity contribution is 0.337. The first-order chi connectivity index (χ1) is 5.18. The highest BCUT2D eigenvalue weighted by Crippen LogP contribution is 2.46. The molecule has 0 radical (unpaired) electrons. The summed E-state index contributed by atoms with van der Waals surface area (Å²) in [4.78, 5) is 0. The molecule has 0 saturated carbocycles. The molecule has 0 aliphatic carbocycles. The van der Waals surface area contributed by atoms with Crippen LogP contribution in [0.1, 0.15) is 6.92 Å². The minimum atomic E-state index is -2.46. The van der Waals surface area contributed by atoms with Gasteiger partial charge in [-0.3, -0.25) is 4.57 Å². The van der Waals surface area contributed by atoms with Crippen LogP contribution in [0.15, 0.2) is 25.3 Å². The molecule has 0 rings (SSSR count). The normalized spacial score (nSPS) is 11.0. The van der Waals surface area contributed by atoms with E-state index in [2.05, 4.69) is 13.2 Å². The Morgan fingerprint density at radius 2 is 1.82 bits per heavy atom. The van der Waals surface area contributed by atoms with Crippen LogP contribution in [0.4, 0.5) is 0 Å². The van der Waals surface area contributed by atoms with Gasteiger partial charge in [0.1, 0.15) is 0 Å². The van der Waals surface area contributed by atoms with Gasteiger partial charge < -0.3 is 4.52 Å². The molecule has 0 heterocycles. The summed E-state index contributed by atoms with van der Waals surface area (Å²) >= 11 is 0. The van der Waals surface area contributed by atoms with Crippen molar-refractivity contribution in [3.63, 3.8) is 0 Å². The summed E-state index contributed by atoms with van der Waals surface area (Å²) in [6.07, 6.45) is 4.12. The first-order valence-corrected chi connectivity index (χ1v) is 5.62. The third-order valence-electron chi connectivity index (χ3n) is 1.18. The highest BCUT2D eigenvalue weighted by molar-refractivity contribution is 7.59. The Labute approximate surface area is 68.4 Å². The fourth-order valence-corrected chi connectivity index (χ4v) is 2.43. The van der Waals surface area contributed by atoms with E-state index in [-0.39, 0.29) is 0 Å². The summed E-state index contributed by atoms with van der Waals surface area (Å²) in [6, 6.07) is 0. The minimum Gasteiger partial charge on any atom is -0.328 e. The van der Waals surface area contributed by atoms with E-state index in [1.807, 2.05) is 6.92 Å². The lowest BCUT2D eigenvalue weighted by Gasteiger charge is -2.13. The van der Waals surface area contributed by atoms with Gasteiger partial charge >= 0.3 is 0 Å². The molecule has 0 atom stereocenters. The van der Waals surface area contributed by atoms with Crippen LogP contribution in [0.25, 0.3) is 0 Å². The molecular weight excluding hydrogens is 159 g/mol. The predicted octanol–water partition coefficient (Wildman–Crippen LogP) is 2.67. The van der Waals surface area contributed by atoms with E-state index in [4.69, 9.17) is 4.52 Å². The van der Waals surface area contributed by atoms with Crippen molar-refractivity contribution in [3.8, 4) is 0 Å². The molecule has 0 unspecified atom stereocenters. The van der Waals surface area contributed by atoms with Gasteiger partial charge in [-0.1, -0.05) is 12.2 Å². The third kappa shape index (κ3) is 4.18. The maximum absolute atomic E-state index is 11.6. The summed E-state index contributed by atoms with van der Waals surface area (Å²) < 4.78 is 16.8. The highest BCUT2D eigenvalue weighted by Gasteiger charge is 2.17. The standard InChI is InChI=1S/C8H15O2P/c1-4-7-11(9,8-5-2)10-6-3/h4-5H,1-2,6-8H2,3H3. The topological polar surface area (TPSA) is 26.3 Å². The molecule has 3 heteroatoms. The van der Waals surface area contributed by atoms with E-state index < -0.39 is 7.37 Å². The SMILES string of the molecule is C=CCP(=O)(CC=C)OCC. The van der Waals surface area contributed by atoms with Gasteiger partial charge in [0.05, 0.1) is 6.61 Å². The van der Waals surface area contributed by atoms with E-state index in [0.717, 1.165) is 0 Å². The van der Waals surface area contributed by atoms with Crippen molar-refractivity contribution in [2.75, 3.05) is 18.9 Å². The summed E-state index contributed by atoms with van der Waals surface area (Å²) in [5.74, 6) is 0. The molecule has 0 N–H and O–H groups in total. The van der Waals surface area contributed by atoms with Crippen molar-refractivity contribution in [3.05, 3.63) is 25.3 Å². The average Bonchev–Trinajstić information content (AvgIpc) is 1.88. The number of hydrogen-bond acceptors (Lipinski definition) is 2. The molecule has 0 aliphatic heterocycles. The van der Waals surface area contributed by atoms with Crippen molar-refractivity contribution in [2.24, 2.45) is 0 Å². The summed E-state index contributed by atoms with van der Waals surface area (Å²) in [7, 11) is -2.46. The van der Waals surface area contributed by atoms with Crippen LogP contribution in [0, 0.1) is 0 Å². The molecule has 0 saturated heterocycles. The van der Waals surface area contributed by atoms with Gasteiger partial charge in [-0.25, -0.2) is 0 Å². The van der Waals surface area contributed by atoms with Gasteiger partial charge in [0.2, 0.25) is 7.37 Å². The van der Waals surface area contributed by atoms with Gasteiger partial charge in [0, 0.05) is 12.3 Å². The summed E-state index contributed by atoms with van der Waals surface area (Å²) in [5, 5.41) is 0. The Balaban J connectivity index is 4.11. The minimum absolute atomic E-state index is 0.437. The first kappa shape index (κ1) is 10.7. The van der Waals surface area contributed by atoms with Crippen LogP contribution < -0.4 is 0 Å².